The highest BCUT2D eigenvalue weighted by Crippen LogP contribution is 2.46. The lowest BCUT2D eigenvalue weighted by molar-refractivity contribution is -0.189. The van der Waals surface area contributed by atoms with Crippen LogP contribution in [0.15, 0.2) is 24.5 Å². The van der Waals surface area contributed by atoms with Crippen molar-refractivity contribution < 1.29 is 32.3 Å². The molecule has 3 heterocycles. The van der Waals surface area contributed by atoms with E-state index in [0.717, 1.165) is 32.1 Å². The van der Waals surface area contributed by atoms with Gasteiger partial charge in [0, 0.05) is 19.6 Å². The van der Waals surface area contributed by atoms with E-state index in [1.165, 1.54) is 29.8 Å². The summed E-state index contributed by atoms with van der Waals surface area (Å²) in [4.78, 5) is 44.6. The molecule has 1 saturated carbocycles. The Bertz CT molecular complexity index is 1170. The number of likely N-dealkylation sites (tertiary alicyclic amines) is 1. The van der Waals surface area contributed by atoms with Crippen LogP contribution in [0.25, 0.3) is 0 Å². The molecule has 13 heteroatoms. The molecule has 2 aromatic rings. The zero-order valence-corrected chi connectivity index (χ0v) is 20.6. The third-order valence-electron chi connectivity index (χ3n) is 7.04. The van der Waals surface area contributed by atoms with Crippen molar-refractivity contribution in [2.45, 2.75) is 51.2 Å². The number of benzene rings is 1. The Morgan fingerprint density at radius 2 is 1.89 bits per heavy atom. The molecule has 9 nitrogen and oxygen atoms in total. The van der Waals surface area contributed by atoms with E-state index >= 15 is 0 Å². The Hall–Kier alpha value is -3.12. The molecule has 2 saturated heterocycles. The number of amides is 3. The molecule has 3 aliphatic rings. The van der Waals surface area contributed by atoms with Gasteiger partial charge in [-0.25, -0.2) is 9.37 Å². The van der Waals surface area contributed by atoms with Crippen molar-refractivity contribution in [3.05, 3.63) is 46.8 Å². The number of hydrogen-bond donors (Lipinski definition) is 2. The number of nitrogens with two attached hydrogens (primary N) is 1. The second kappa shape index (κ2) is 11.1. The Labute approximate surface area is 216 Å². The molecule has 3 fully saturated rings. The van der Waals surface area contributed by atoms with E-state index in [1.54, 1.807) is 11.0 Å². The maximum Gasteiger partial charge on any atom is 0.345 e. The zero-order valence-electron chi connectivity index (χ0n) is 19.9. The first-order valence-corrected chi connectivity index (χ1v) is 12.3. The number of nitrogens with zero attached hydrogens (tertiary/aromatic N) is 3. The minimum absolute atomic E-state index is 0.0421. The normalized spacial score (nSPS) is 19.1. The van der Waals surface area contributed by atoms with Crippen molar-refractivity contribution in [1.82, 2.24) is 14.9 Å². The molecule has 0 bridgehead atoms. The number of rotatable bonds is 5. The number of carbonyl (C=O) groups is 3. The van der Waals surface area contributed by atoms with Gasteiger partial charge < -0.3 is 25.3 Å². The number of anilines is 1. The lowest BCUT2D eigenvalue weighted by Crippen LogP contribution is -2.55. The van der Waals surface area contributed by atoms with E-state index in [1.807, 2.05) is 0 Å². The van der Waals surface area contributed by atoms with Gasteiger partial charge in [0.15, 0.2) is 5.69 Å². The summed E-state index contributed by atoms with van der Waals surface area (Å²) in [5.41, 5.74) is 5.30. The second-order valence-electron chi connectivity index (χ2n) is 9.36. The van der Waals surface area contributed by atoms with Crippen LogP contribution in [-0.4, -0.2) is 64.9 Å². The van der Waals surface area contributed by atoms with Crippen LogP contribution in [0.1, 0.15) is 59.5 Å². The van der Waals surface area contributed by atoms with Crippen LogP contribution in [0.4, 0.5) is 18.9 Å². The van der Waals surface area contributed by atoms with E-state index in [4.69, 9.17) is 17.3 Å². The third-order valence-corrected chi connectivity index (χ3v) is 7.34. The number of halogens is 4. The molecule has 37 heavy (non-hydrogen) atoms. The van der Waals surface area contributed by atoms with E-state index in [2.05, 4.69) is 14.7 Å². The number of carbonyl (C=O) groups excluding carboxylic acids is 3. The van der Waals surface area contributed by atoms with Crippen molar-refractivity contribution in [3.8, 4) is 0 Å². The minimum atomic E-state index is -2.86. The highest BCUT2D eigenvalue weighted by atomic mass is 35.5. The van der Waals surface area contributed by atoms with Crippen LogP contribution in [0, 0.1) is 11.2 Å². The minimum Gasteiger partial charge on any atom is -0.364 e. The van der Waals surface area contributed by atoms with Gasteiger partial charge in [-0.15, -0.1) is 0 Å². The fourth-order valence-corrected chi connectivity index (χ4v) is 5.35. The molecule has 200 valence electrons. The standard InChI is InChI=1S/C15H17ClFNO.C9H10F2N4O3/c16-12-10-11(17)4-5-13(12)18-9-8-15(14(18)19)6-2-1-3-7-15;10-9(11)18-4-1-15(2-4)8(17)6-5(7(12)16)13-3-14-6/h4-5,10H,1-3,6-9H2;3-4,9H,1-2H2,(H2,12,16)(H,13,14). The van der Waals surface area contributed by atoms with Crippen LogP contribution < -0.4 is 10.6 Å². The van der Waals surface area contributed by atoms with Gasteiger partial charge in [0.25, 0.3) is 11.8 Å². The Balaban J connectivity index is 0.000000173. The number of aromatic nitrogens is 2. The third kappa shape index (κ3) is 5.74. The molecule has 1 aliphatic carbocycles. The van der Waals surface area contributed by atoms with Gasteiger partial charge in [0.2, 0.25) is 5.91 Å². The first-order chi connectivity index (χ1) is 17.6. The van der Waals surface area contributed by atoms with Crippen LogP contribution >= 0.6 is 11.6 Å². The highest BCUT2D eigenvalue weighted by Gasteiger charge is 2.47. The van der Waals surface area contributed by atoms with E-state index < -0.39 is 24.5 Å². The van der Waals surface area contributed by atoms with E-state index in [0.29, 0.717) is 17.3 Å². The number of nitrogens with one attached hydrogen (secondary N) is 1. The molecule has 1 spiro atoms. The number of aromatic amines is 1. The van der Waals surface area contributed by atoms with Crippen molar-refractivity contribution in [3.63, 3.8) is 0 Å². The zero-order chi connectivity index (χ0) is 26.7. The van der Waals surface area contributed by atoms with Gasteiger partial charge in [-0.1, -0.05) is 30.9 Å². The molecule has 5 rings (SSSR count). The molecule has 1 aromatic heterocycles. The Morgan fingerprint density at radius 3 is 2.51 bits per heavy atom. The number of primary amides is 1. The average Bonchev–Trinajstić information content (AvgIpc) is 3.43. The van der Waals surface area contributed by atoms with Crippen LogP contribution in [0.2, 0.25) is 5.02 Å². The maximum absolute atomic E-state index is 13.1. The Kier molecular flexibility index (Phi) is 8.08. The summed E-state index contributed by atoms with van der Waals surface area (Å²) in [6.07, 6.45) is 6.86. The number of hydrogen-bond acceptors (Lipinski definition) is 5. The number of H-pyrrole nitrogens is 1. The van der Waals surface area contributed by atoms with Gasteiger partial charge in [0.05, 0.1) is 28.6 Å². The molecule has 2 aliphatic heterocycles. The fraction of sp³-hybridized carbons (Fsp3) is 0.500. The van der Waals surface area contributed by atoms with Gasteiger partial charge in [-0.05, 0) is 37.5 Å². The van der Waals surface area contributed by atoms with Gasteiger partial charge >= 0.3 is 6.61 Å². The summed E-state index contributed by atoms with van der Waals surface area (Å²) in [5, 5.41) is 0.321. The quantitative estimate of drug-likeness (QED) is 0.597. The van der Waals surface area contributed by atoms with Crippen LogP contribution in [0.3, 0.4) is 0 Å². The largest absolute Gasteiger partial charge is 0.364 e. The second-order valence-corrected chi connectivity index (χ2v) is 9.77. The van der Waals surface area contributed by atoms with E-state index in [-0.39, 0.29) is 41.6 Å². The molecule has 0 atom stereocenters. The van der Waals surface area contributed by atoms with Gasteiger partial charge in [-0.3, -0.25) is 14.4 Å². The lowest BCUT2D eigenvalue weighted by Gasteiger charge is -2.38. The smallest absolute Gasteiger partial charge is 0.345 e. The molecular weight excluding hydrogens is 515 g/mol. The summed E-state index contributed by atoms with van der Waals surface area (Å²) in [7, 11) is 0. The molecule has 3 amide bonds. The monoisotopic (exact) mass is 541 g/mol. The van der Waals surface area contributed by atoms with Crippen molar-refractivity contribution in [2.75, 3.05) is 24.5 Å². The predicted octanol–water partition coefficient (Wildman–Crippen LogP) is 3.74. The van der Waals surface area contributed by atoms with Crippen LogP contribution in [0.5, 0.6) is 0 Å². The number of imidazole rings is 1. The first kappa shape index (κ1) is 26.9. The molecular formula is C24H27ClF3N5O4. The summed E-state index contributed by atoms with van der Waals surface area (Å²) < 4.78 is 41.1. The highest BCUT2D eigenvalue weighted by molar-refractivity contribution is 6.34. The van der Waals surface area contributed by atoms with E-state index in [9.17, 15) is 27.6 Å². The summed E-state index contributed by atoms with van der Waals surface area (Å²) >= 11 is 6.07. The molecule has 0 unspecified atom stereocenters. The maximum atomic E-state index is 13.1. The molecule has 1 aromatic carbocycles. The van der Waals surface area contributed by atoms with Gasteiger partial charge in [-0.2, -0.15) is 8.78 Å². The fourth-order valence-electron chi connectivity index (χ4n) is 5.08. The Morgan fingerprint density at radius 1 is 1.19 bits per heavy atom. The first-order valence-electron chi connectivity index (χ1n) is 11.9. The lowest BCUT2D eigenvalue weighted by atomic mass is 9.73. The van der Waals surface area contributed by atoms with Gasteiger partial charge in [0.1, 0.15) is 11.5 Å². The average molecular weight is 542 g/mol. The summed E-state index contributed by atoms with van der Waals surface area (Å²) in [5.74, 6) is -1.54. The number of alkyl halides is 2. The molecule has 3 N–H and O–H groups in total. The van der Waals surface area contributed by atoms with Crippen molar-refractivity contribution in [1.29, 1.82) is 0 Å². The molecule has 0 radical (unpaired) electrons. The van der Waals surface area contributed by atoms with Crippen molar-refractivity contribution in [2.24, 2.45) is 11.1 Å². The van der Waals surface area contributed by atoms with Crippen molar-refractivity contribution >= 4 is 35.0 Å². The summed E-state index contributed by atoms with van der Waals surface area (Å²) in [6.45, 7) is -2.08. The SMILES string of the molecule is NC(=O)c1nc[nH]c1C(=O)N1CC(OC(F)F)C1.O=C1N(c2ccc(F)cc2Cl)CCC12CCCCC2. The topological polar surface area (TPSA) is 122 Å². The van der Waals surface area contributed by atoms with Crippen LogP contribution in [-0.2, 0) is 9.53 Å². The number of ether oxygens (including phenoxy) is 1. The predicted molar refractivity (Wildman–Crippen MR) is 128 cm³/mol. The summed E-state index contributed by atoms with van der Waals surface area (Å²) in [6, 6.07) is 4.24.